The Hall–Kier alpha value is -2.57. The molecule has 0 radical (unpaired) electrons. The Morgan fingerprint density at radius 3 is 2.72 bits per heavy atom. The Morgan fingerprint density at radius 1 is 1.03 bits per heavy atom. The average molecular weight is 391 g/mol. The Bertz CT molecular complexity index is 975. The topological polar surface area (TPSA) is 46.0 Å². The molecule has 3 heterocycles. The van der Waals surface area contributed by atoms with Gasteiger partial charge in [0.2, 0.25) is 0 Å². The van der Waals surface area contributed by atoms with Crippen LogP contribution in [0.4, 0.5) is 4.39 Å². The minimum absolute atomic E-state index is 0.201. The lowest BCUT2D eigenvalue weighted by molar-refractivity contribution is 0.205. The fraction of sp³-hybridized carbons (Fsp3) is 0.391. The Balaban J connectivity index is 1.25. The van der Waals surface area contributed by atoms with Crippen LogP contribution in [0.1, 0.15) is 36.0 Å². The number of hydrogen-bond acceptors (Lipinski definition) is 4. The fourth-order valence-electron chi connectivity index (χ4n) is 4.47. The molecule has 2 aliphatic heterocycles. The van der Waals surface area contributed by atoms with Crippen molar-refractivity contribution in [2.75, 3.05) is 19.6 Å². The molecule has 1 aromatic heterocycles. The number of aromatic nitrogens is 3. The summed E-state index contributed by atoms with van der Waals surface area (Å²) >= 11 is 0. The van der Waals surface area contributed by atoms with Gasteiger partial charge in [0, 0.05) is 32.1 Å². The summed E-state index contributed by atoms with van der Waals surface area (Å²) in [7, 11) is 0. The summed E-state index contributed by atoms with van der Waals surface area (Å²) in [5.41, 5.74) is 3.21. The number of nitrogens with zero attached hydrogens (tertiary/aromatic N) is 4. The molecule has 0 bridgehead atoms. The van der Waals surface area contributed by atoms with Gasteiger partial charge in [-0.1, -0.05) is 36.4 Å². The van der Waals surface area contributed by atoms with Crippen molar-refractivity contribution in [3.63, 3.8) is 0 Å². The minimum Gasteiger partial charge on any atom is -0.316 e. The van der Waals surface area contributed by atoms with Crippen LogP contribution in [-0.4, -0.2) is 39.3 Å². The van der Waals surface area contributed by atoms with Crippen molar-refractivity contribution in [2.45, 2.75) is 38.4 Å². The molecule has 6 heteroatoms. The first-order chi connectivity index (χ1) is 14.3. The average Bonchev–Trinajstić information content (AvgIpc) is 3.18. The van der Waals surface area contributed by atoms with Crippen LogP contribution in [0, 0.1) is 5.82 Å². The molecule has 2 aliphatic rings. The van der Waals surface area contributed by atoms with E-state index in [1.807, 2.05) is 6.07 Å². The van der Waals surface area contributed by atoms with E-state index in [0.717, 1.165) is 62.0 Å². The molecule has 29 heavy (non-hydrogen) atoms. The summed E-state index contributed by atoms with van der Waals surface area (Å²) in [6, 6.07) is 15.2. The van der Waals surface area contributed by atoms with Crippen LogP contribution in [0.25, 0.3) is 11.1 Å². The largest absolute Gasteiger partial charge is 0.316 e. The lowest BCUT2D eigenvalue weighted by Gasteiger charge is -2.29. The van der Waals surface area contributed by atoms with Crippen LogP contribution in [0.3, 0.4) is 0 Å². The van der Waals surface area contributed by atoms with E-state index >= 15 is 0 Å². The van der Waals surface area contributed by atoms with Crippen LogP contribution in [0.5, 0.6) is 0 Å². The second-order valence-electron chi connectivity index (χ2n) is 8.09. The van der Waals surface area contributed by atoms with Gasteiger partial charge < -0.3 is 9.88 Å². The molecular formula is C23H26FN5. The van der Waals surface area contributed by atoms with Crippen molar-refractivity contribution in [3.8, 4) is 11.1 Å². The van der Waals surface area contributed by atoms with Gasteiger partial charge in [0.05, 0.1) is 6.54 Å². The molecule has 0 saturated carbocycles. The summed E-state index contributed by atoms with van der Waals surface area (Å²) in [6.07, 6.45) is 2.41. The van der Waals surface area contributed by atoms with Crippen molar-refractivity contribution in [1.29, 1.82) is 0 Å². The van der Waals surface area contributed by atoms with E-state index < -0.39 is 0 Å². The predicted octanol–water partition coefficient (Wildman–Crippen LogP) is 3.57. The molecule has 3 aromatic rings. The summed E-state index contributed by atoms with van der Waals surface area (Å²) < 4.78 is 15.8. The zero-order chi connectivity index (χ0) is 19.6. The van der Waals surface area contributed by atoms with Crippen LogP contribution in [0.15, 0.2) is 48.5 Å². The first-order valence-corrected chi connectivity index (χ1v) is 10.5. The molecule has 150 valence electrons. The number of fused-ring (bicyclic) bond motifs is 1. The number of nitrogens with one attached hydrogen (secondary N) is 1. The third-order valence-electron chi connectivity index (χ3n) is 6.04. The second-order valence-corrected chi connectivity index (χ2v) is 8.09. The number of benzene rings is 2. The van der Waals surface area contributed by atoms with Gasteiger partial charge in [0.25, 0.3) is 0 Å². The molecule has 0 spiro atoms. The van der Waals surface area contributed by atoms with Gasteiger partial charge in [-0.3, -0.25) is 4.90 Å². The summed E-state index contributed by atoms with van der Waals surface area (Å²) in [5.74, 6) is 2.53. The first kappa shape index (κ1) is 18.5. The second kappa shape index (κ2) is 8.05. The van der Waals surface area contributed by atoms with Crippen molar-refractivity contribution < 1.29 is 4.39 Å². The van der Waals surface area contributed by atoms with Crippen LogP contribution >= 0.6 is 0 Å². The third-order valence-corrected chi connectivity index (χ3v) is 6.04. The van der Waals surface area contributed by atoms with E-state index in [-0.39, 0.29) is 5.82 Å². The minimum atomic E-state index is -0.201. The smallest absolute Gasteiger partial charge is 0.147 e. The molecule has 0 aliphatic carbocycles. The van der Waals surface area contributed by atoms with E-state index in [9.17, 15) is 4.39 Å². The van der Waals surface area contributed by atoms with Gasteiger partial charge >= 0.3 is 0 Å². The molecule has 1 saturated heterocycles. The molecule has 1 N–H and O–H groups in total. The summed E-state index contributed by atoms with van der Waals surface area (Å²) in [6.45, 7) is 5.80. The number of halogens is 1. The van der Waals surface area contributed by atoms with Crippen LogP contribution < -0.4 is 5.32 Å². The summed E-state index contributed by atoms with van der Waals surface area (Å²) in [4.78, 5) is 2.42. The van der Waals surface area contributed by atoms with Gasteiger partial charge in [0.1, 0.15) is 17.5 Å². The van der Waals surface area contributed by atoms with Gasteiger partial charge in [-0.05, 0) is 48.2 Å². The molecule has 1 fully saturated rings. The molecule has 5 nitrogen and oxygen atoms in total. The van der Waals surface area contributed by atoms with Crippen LogP contribution in [-0.2, 0) is 19.6 Å². The zero-order valence-electron chi connectivity index (χ0n) is 16.5. The maximum atomic E-state index is 13.5. The van der Waals surface area contributed by atoms with Crippen molar-refractivity contribution >= 4 is 0 Å². The Morgan fingerprint density at radius 2 is 1.93 bits per heavy atom. The summed E-state index contributed by atoms with van der Waals surface area (Å²) in [5, 5.41) is 12.5. The number of rotatable bonds is 4. The number of hydrogen-bond donors (Lipinski definition) is 1. The van der Waals surface area contributed by atoms with Gasteiger partial charge in [-0.25, -0.2) is 4.39 Å². The maximum Gasteiger partial charge on any atom is 0.147 e. The highest BCUT2D eigenvalue weighted by molar-refractivity contribution is 5.63. The van der Waals surface area contributed by atoms with E-state index in [4.69, 9.17) is 0 Å². The Labute approximate surface area is 170 Å². The van der Waals surface area contributed by atoms with E-state index in [1.165, 1.54) is 24.5 Å². The van der Waals surface area contributed by atoms with E-state index in [2.05, 4.69) is 49.2 Å². The Kier molecular flexibility index (Phi) is 5.12. The highest BCUT2D eigenvalue weighted by atomic mass is 19.1. The number of piperidine rings is 1. The normalized spacial score (nSPS) is 19.8. The highest BCUT2D eigenvalue weighted by Crippen LogP contribution is 2.25. The monoisotopic (exact) mass is 391 g/mol. The lowest BCUT2D eigenvalue weighted by Crippen LogP contribution is -2.35. The fourth-order valence-corrected chi connectivity index (χ4v) is 4.47. The predicted molar refractivity (Wildman–Crippen MR) is 111 cm³/mol. The zero-order valence-corrected chi connectivity index (χ0v) is 16.5. The molecule has 0 unspecified atom stereocenters. The lowest BCUT2D eigenvalue weighted by atomic mass is 9.99. The van der Waals surface area contributed by atoms with Gasteiger partial charge in [-0.2, -0.15) is 0 Å². The maximum absolute atomic E-state index is 13.5. The van der Waals surface area contributed by atoms with Gasteiger partial charge in [-0.15, -0.1) is 10.2 Å². The molecule has 5 rings (SSSR count). The van der Waals surface area contributed by atoms with Crippen molar-refractivity contribution in [1.82, 2.24) is 25.0 Å². The molecule has 2 aromatic carbocycles. The van der Waals surface area contributed by atoms with Crippen molar-refractivity contribution in [2.24, 2.45) is 0 Å². The molecular weight excluding hydrogens is 365 g/mol. The van der Waals surface area contributed by atoms with Gasteiger partial charge in [0.15, 0.2) is 0 Å². The SMILES string of the molecule is Fc1cccc(-c2ccc(CN3CCn4c(nnc4[C@H]4CCCNC4)C3)cc2)c1. The molecule has 0 amide bonds. The molecule has 1 atom stereocenters. The quantitative estimate of drug-likeness (QED) is 0.739. The van der Waals surface area contributed by atoms with Crippen molar-refractivity contribution in [3.05, 3.63) is 71.6 Å². The highest BCUT2D eigenvalue weighted by Gasteiger charge is 2.26. The van der Waals surface area contributed by atoms with Crippen LogP contribution in [0.2, 0.25) is 0 Å². The standard InChI is InChI=1S/C23H26FN5/c24-21-5-1-3-19(13-21)18-8-6-17(7-9-18)15-28-11-12-29-22(16-28)26-27-23(29)20-4-2-10-25-14-20/h1,3,5-9,13,20,25H,2,4,10-12,14-16H2/t20-/m0/s1. The van der Waals surface area contributed by atoms with E-state index in [1.54, 1.807) is 12.1 Å². The first-order valence-electron chi connectivity index (χ1n) is 10.5. The third kappa shape index (κ3) is 3.95. The van der Waals surface area contributed by atoms with E-state index in [0.29, 0.717) is 5.92 Å².